The summed E-state index contributed by atoms with van der Waals surface area (Å²) in [6, 6.07) is 0.531. The number of hydrogen-bond acceptors (Lipinski definition) is 4. The molecule has 1 aliphatic rings. The molecule has 1 fully saturated rings. The van der Waals surface area contributed by atoms with Crippen LogP contribution >= 0.6 is 0 Å². The molecule has 4 nitrogen and oxygen atoms in total. The number of nitrogens with one attached hydrogen (secondary N) is 1. The molecular weight excluding hydrogens is 180 g/mol. The highest BCUT2D eigenvalue weighted by Crippen LogP contribution is 2.07. The molecule has 1 N–H and O–H groups in total. The molecule has 0 unspecified atom stereocenters. The van der Waals surface area contributed by atoms with Gasteiger partial charge in [0.05, 0.1) is 13.2 Å². The first-order valence-electron chi connectivity index (χ1n) is 5.07. The average Bonchev–Trinajstić information content (AvgIpc) is 2.77. The normalized spacial score (nSPS) is 21.6. The zero-order valence-electron chi connectivity index (χ0n) is 8.45. The average molecular weight is 196 g/mol. The van der Waals surface area contributed by atoms with Gasteiger partial charge in [-0.25, -0.2) is 4.98 Å². The van der Waals surface area contributed by atoms with Crippen LogP contribution in [0, 0.1) is 6.92 Å². The maximum atomic E-state index is 5.53. The molecule has 0 saturated carbocycles. The molecule has 1 atom stereocenters. The fourth-order valence-corrected chi connectivity index (χ4v) is 1.68. The highest BCUT2D eigenvalue weighted by molar-refractivity contribution is 4.93. The number of rotatable bonds is 4. The highest BCUT2D eigenvalue weighted by atomic mass is 16.5. The molecule has 1 saturated heterocycles. The first-order valence-corrected chi connectivity index (χ1v) is 5.07. The molecule has 0 spiro atoms. The Bertz CT molecular complexity index is 279. The van der Waals surface area contributed by atoms with Crippen LogP contribution in [0.15, 0.2) is 10.7 Å². The van der Waals surface area contributed by atoms with Gasteiger partial charge in [-0.2, -0.15) is 0 Å². The molecule has 0 aliphatic carbocycles. The van der Waals surface area contributed by atoms with E-state index >= 15 is 0 Å². The molecule has 4 heteroatoms. The Kier molecular flexibility index (Phi) is 3.16. The van der Waals surface area contributed by atoms with Crippen LogP contribution in [-0.4, -0.2) is 24.2 Å². The third kappa shape index (κ3) is 2.56. The van der Waals surface area contributed by atoms with Crippen molar-refractivity contribution in [3.8, 4) is 0 Å². The Morgan fingerprint density at radius 3 is 3.29 bits per heavy atom. The topological polar surface area (TPSA) is 47.3 Å². The van der Waals surface area contributed by atoms with Gasteiger partial charge < -0.3 is 14.5 Å². The Labute approximate surface area is 83.7 Å². The van der Waals surface area contributed by atoms with E-state index in [-0.39, 0.29) is 0 Å². The third-order valence-electron chi connectivity index (χ3n) is 2.40. The van der Waals surface area contributed by atoms with Crippen LogP contribution in [0.2, 0.25) is 0 Å². The number of aromatic nitrogens is 1. The van der Waals surface area contributed by atoms with Crippen molar-refractivity contribution in [2.24, 2.45) is 0 Å². The van der Waals surface area contributed by atoms with Crippen molar-refractivity contribution >= 4 is 0 Å². The number of hydrogen-bond donors (Lipinski definition) is 1. The third-order valence-corrected chi connectivity index (χ3v) is 2.40. The number of oxazole rings is 1. The SMILES string of the molecule is Cc1nc(COC[C@@H]2CCCN2)co1. The van der Waals surface area contributed by atoms with Crippen molar-refractivity contribution in [2.45, 2.75) is 32.4 Å². The van der Waals surface area contributed by atoms with Crippen LogP contribution in [0.25, 0.3) is 0 Å². The number of aryl methyl sites for hydroxylation is 1. The van der Waals surface area contributed by atoms with E-state index in [1.54, 1.807) is 6.26 Å². The summed E-state index contributed by atoms with van der Waals surface area (Å²) >= 11 is 0. The van der Waals surface area contributed by atoms with E-state index in [9.17, 15) is 0 Å². The van der Waals surface area contributed by atoms with E-state index in [1.165, 1.54) is 12.8 Å². The minimum absolute atomic E-state index is 0.531. The van der Waals surface area contributed by atoms with E-state index in [4.69, 9.17) is 9.15 Å². The van der Waals surface area contributed by atoms with Gasteiger partial charge in [-0.15, -0.1) is 0 Å². The van der Waals surface area contributed by atoms with Crippen molar-refractivity contribution in [2.75, 3.05) is 13.2 Å². The lowest BCUT2D eigenvalue weighted by atomic mass is 10.2. The Morgan fingerprint density at radius 1 is 1.71 bits per heavy atom. The lowest BCUT2D eigenvalue weighted by Crippen LogP contribution is -2.26. The zero-order valence-corrected chi connectivity index (χ0v) is 8.45. The molecule has 1 aromatic heterocycles. The Balaban J connectivity index is 1.67. The van der Waals surface area contributed by atoms with Crippen LogP contribution in [-0.2, 0) is 11.3 Å². The lowest BCUT2D eigenvalue weighted by Gasteiger charge is -2.09. The summed E-state index contributed by atoms with van der Waals surface area (Å²) in [6.07, 6.45) is 4.13. The van der Waals surface area contributed by atoms with Gasteiger partial charge in [-0.1, -0.05) is 0 Å². The summed E-state index contributed by atoms with van der Waals surface area (Å²) < 4.78 is 10.6. The minimum atomic E-state index is 0.531. The van der Waals surface area contributed by atoms with Gasteiger partial charge >= 0.3 is 0 Å². The highest BCUT2D eigenvalue weighted by Gasteiger charge is 2.13. The molecule has 1 aromatic rings. The minimum Gasteiger partial charge on any atom is -0.449 e. The summed E-state index contributed by atoms with van der Waals surface area (Å²) in [5.74, 6) is 0.697. The predicted molar refractivity (Wildman–Crippen MR) is 51.9 cm³/mol. The van der Waals surface area contributed by atoms with Crippen molar-refractivity contribution in [1.82, 2.24) is 10.3 Å². The monoisotopic (exact) mass is 196 g/mol. The molecule has 1 aliphatic heterocycles. The van der Waals surface area contributed by atoms with E-state index in [0.29, 0.717) is 18.5 Å². The fraction of sp³-hybridized carbons (Fsp3) is 0.700. The second-order valence-corrected chi connectivity index (χ2v) is 3.67. The van der Waals surface area contributed by atoms with Gasteiger partial charge in [0, 0.05) is 13.0 Å². The standard InChI is InChI=1S/C10H16N2O2/c1-8-12-10(7-14-8)6-13-5-9-3-2-4-11-9/h7,9,11H,2-6H2,1H3/t9-/m0/s1. The fourth-order valence-electron chi connectivity index (χ4n) is 1.68. The second kappa shape index (κ2) is 4.57. The van der Waals surface area contributed by atoms with Crippen molar-refractivity contribution in [3.63, 3.8) is 0 Å². The largest absolute Gasteiger partial charge is 0.449 e. The maximum Gasteiger partial charge on any atom is 0.191 e. The van der Waals surface area contributed by atoms with Gasteiger partial charge in [-0.3, -0.25) is 0 Å². The quantitative estimate of drug-likeness (QED) is 0.787. The molecule has 2 heterocycles. The lowest BCUT2D eigenvalue weighted by molar-refractivity contribution is 0.101. The predicted octanol–water partition coefficient (Wildman–Crippen LogP) is 1.25. The van der Waals surface area contributed by atoms with E-state index in [0.717, 1.165) is 18.8 Å². The summed E-state index contributed by atoms with van der Waals surface area (Å²) in [5.41, 5.74) is 0.875. The van der Waals surface area contributed by atoms with Gasteiger partial charge in [0.15, 0.2) is 5.89 Å². The van der Waals surface area contributed by atoms with Crippen LogP contribution in [0.3, 0.4) is 0 Å². The van der Waals surface area contributed by atoms with Crippen molar-refractivity contribution in [1.29, 1.82) is 0 Å². The smallest absolute Gasteiger partial charge is 0.191 e. The van der Waals surface area contributed by atoms with Crippen LogP contribution in [0.1, 0.15) is 24.4 Å². The summed E-state index contributed by atoms with van der Waals surface area (Å²) in [6.45, 7) is 4.28. The number of ether oxygens (including phenoxy) is 1. The summed E-state index contributed by atoms with van der Waals surface area (Å²) in [7, 11) is 0. The maximum absolute atomic E-state index is 5.53. The second-order valence-electron chi connectivity index (χ2n) is 3.67. The molecule has 0 bridgehead atoms. The van der Waals surface area contributed by atoms with Gasteiger partial charge in [0.2, 0.25) is 0 Å². The van der Waals surface area contributed by atoms with E-state index in [1.807, 2.05) is 6.92 Å². The number of nitrogens with zero attached hydrogens (tertiary/aromatic N) is 1. The molecule has 0 amide bonds. The molecule has 14 heavy (non-hydrogen) atoms. The van der Waals surface area contributed by atoms with Crippen LogP contribution in [0.5, 0.6) is 0 Å². The van der Waals surface area contributed by atoms with Crippen molar-refractivity contribution in [3.05, 3.63) is 17.8 Å². The molecular formula is C10H16N2O2. The van der Waals surface area contributed by atoms with E-state index in [2.05, 4.69) is 10.3 Å². The summed E-state index contributed by atoms with van der Waals surface area (Å²) in [4.78, 5) is 4.16. The molecule has 0 radical (unpaired) electrons. The first kappa shape index (κ1) is 9.68. The van der Waals surface area contributed by atoms with Gasteiger partial charge in [0.25, 0.3) is 0 Å². The van der Waals surface area contributed by atoms with Crippen molar-refractivity contribution < 1.29 is 9.15 Å². The van der Waals surface area contributed by atoms with Crippen LogP contribution < -0.4 is 5.32 Å². The van der Waals surface area contributed by atoms with E-state index < -0.39 is 0 Å². The summed E-state index contributed by atoms with van der Waals surface area (Å²) in [5, 5.41) is 3.38. The molecule has 0 aromatic carbocycles. The first-order chi connectivity index (χ1) is 6.84. The molecule has 2 rings (SSSR count). The Hall–Kier alpha value is -0.870. The van der Waals surface area contributed by atoms with Gasteiger partial charge in [0.1, 0.15) is 12.0 Å². The van der Waals surface area contributed by atoms with Gasteiger partial charge in [-0.05, 0) is 19.4 Å². The zero-order chi connectivity index (χ0) is 9.80. The van der Waals surface area contributed by atoms with Crippen LogP contribution in [0.4, 0.5) is 0 Å². The molecule has 78 valence electrons. The Morgan fingerprint density at radius 2 is 2.64 bits per heavy atom.